The van der Waals surface area contributed by atoms with Crippen LogP contribution >= 0.6 is 0 Å². The molecule has 0 radical (unpaired) electrons. The highest BCUT2D eigenvalue weighted by molar-refractivity contribution is 7.92. The van der Waals surface area contributed by atoms with E-state index >= 15 is 0 Å². The Morgan fingerprint density at radius 1 is 0.800 bits per heavy atom. The molecule has 0 unspecified atom stereocenters. The number of sulfonamides is 1. The molecule has 3 aromatic carbocycles. The van der Waals surface area contributed by atoms with Crippen molar-refractivity contribution in [3.05, 3.63) is 88.0 Å². The van der Waals surface area contributed by atoms with Crippen LogP contribution in [0.1, 0.15) is 38.2 Å². The van der Waals surface area contributed by atoms with Gasteiger partial charge >= 0.3 is 0 Å². The molecule has 2 N–H and O–H groups in total. The van der Waals surface area contributed by atoms with Crippen molar-refractivity contribution in [3.8, 4) is 0 Å². The lowest BCUT2D eigenvalue weighted by Gasteiger charge is -2.15. The molecule has 0 aromatic heterocycles. The van der Waals surface area contributed by atoms with Gasteiger partial charge in [-0.2, -0.15) is 0 Å². The van der Waals surface area contributed by atoms with E-state index in [0.717, 1.165) is 22.3 Å². The molecule has 0 spiro atoms. The molecule has 0 saturated heterocycles. The Bertz CT molecular complexity index is 1210. The van der Waals surface area contributed by atoms with Crippen molar-refractivity contribution in [2.75, 3.05) is 10.0 Å². The fraction of sp³-hybridized carbons (Fsp3) is 0.208. The van der Waals surface area contributed by atoms with Crippen LogP contribution in [-0.4, -0.2) is 14.3 Å². The summed E-state index contributed by atoms with van der Waals surface area (Å²) in [5, 5.41) is 2.85. The van der Waals surface area contributed by atoms with Gasteiger partial charge < -0.3 is 5.32 Å². The largest absolute Gasteiger partial charge is 0.322 e. The van der Waals surface area contributed by atoms with Crippen molar-refractivity contribution in [1.29, 1.82) is 0 Å². The lowest BCUT2D eigenvalue weighted by Crippen LogP contribution is -2.17. The lowest BCUT2D eigenvalue weighted by molar-refractivity contribution is 0.102. The molecule has 3 aromatic rings. The second-order valence-corrected chi connectivity index (χ2v) is 9.31. The molecule has 0 aliphatic rings. The van der Waals surface area contributed by atoms with Crippen molar-refractivity contribution in [1.82, 2.24) is 0 Å². The second kappa shape index (κ2) is 8.32. The highest BCUT2D eigenvalue weighted by Crippen LogP contribution is 2.25. The molecule has 0 aliphatic heterocycles. The summed E-state index contributed by atoms with van der Waals surface area (Å²) in [5.41, 5.74) is 5.98. The van der Waals surface area contributed by atoms with E-state index in [9.17, 15) is 13.2 Å². The minimum atomic E-state index is -3.86. The normalized spacial score (nSPS) is 11.2. The zero-order valence-electron chi connectivity index (χ0n) is 17.8. The van der Waals surface area contributed by atoms with Crippen molar-refractivity contribution in [2.24, 2.45) is 0 Å². The van der Waals surface area contributed by atoms with Gasteiger partial charge in [0, 0.05) is 11.3 Å². The van der Waals surface area contributed by atoms with Crippen LogP contribution in [0.5, 0.6) is 0 Å². The predicted octanol–water partition coefficient (Wildman–Crippen LogP) is 5.28. The molecule has 0 heterocycles. The molecule has 1 amide bonds. The number of hydrogen-bond acceptors (Lipinski definition) is 3. The second-order valence-electron chi connectivity index (χ2n) is 7.66. The molecule has 0 bridgehead atoms. The van der Waals surface area contributed by atoms with Crippen molar-refractivity contribution < 1.29 is 13.2 Å². The van der Waals surface area contributed by atoms with Crippen LogP contribution < -0.4 is 10.0 Å². The van der Waals surface area contributed by atoms with Gasteiger partial charge in [0.05, 0.1) is 10.6 Å². The van der Waals surface area contributed by atoms with Gasteiger partial charge in [-0.1, -0.05) is 24.3 Å². The lowest BCUT2D eigenvalue weighted by atomic mass is 10.1. The van der Waals surface area contributed by atoms with Crippen molar-refractivity contribution >= 4 is 27.3 Å². The summed E-state index contributed by atoms with van der Waals surface area (Å²) in [6, 6.07) is 15.9. The predicted molar refractivity (Wildman–Crippen MR) is 122 cm³/mol. The molecule has 0 aliphatic carbocycles. The number of carbonyl (C=O) groups is 1. The fourth-order valence-electron chi connectivity index (χ4n) is 3.34. The maximum absolute atomic E-state index is 13.1. The Morgan fingerprint density at radius 2 is 1.47 bits per heavy atom. The van der Waals surface area contributed by atoms with Gasteiger partial charge in [0.2, 0.25) is 0 Å². The highest BCUT2D eigenvalue weighted by atomic mass is 32.2. The standard InChI is InChI=1S/C24H26N2O3S/c1-15-11-16(2)13-21(12-15)25-24(27)20-10-9-18(4)23(14-20)30(28,29)26-22-8-6-7-17(3)19(22)5/h6-14,26H,1-5H3,(H,25,27). The SMILES string of the molecule is Cc1cc(C)cc(NC(=O)c2ccc(C)c(S(=O)(=O)Nc3cccc(C)c3C)c2)c1. The molecule has 3 rings (SSSR count). The van der Waals surface area contributed by atoms with E-state index in [0.29, 0.717) is 16.9 Å². The molecule has 0 atom stereocenters. The zero-order valence-corrected chi connectivity index (χ0v) is 18.6. The van der Waals surface area contributed by atoms with Crippen LogP contribution in [0, 0.1) is 34.6 Å². The maximum atomic E-state index is 13.1. The first kappa shape index (κ1) is 21.6. The Hall–Kier alpha value is -3.12. The number of carbonyl (C=O) groups excluding carboxylic acids is 1. The van der Waals surface area contributed by atoms with Gasteiger partial charge in [0.15, 0.2) is 0 Å². The zero-order chi connectivity index (χ0) is 22.1. The van der Waals surface area contributed by atoms with E-state index in [1.807, 2.05) is 52.0 Å². The number of anilines is 2. The monoisotopic (exact) mass is 422 g/mol. The molecule has 6 heteroatoms. The van der Waals surface area contributed by atoms with Crippen LogP contribution in [0.2, 0.25) is 0 Å². The molecule has 0 fully saturated rings. The third kappa shape index (κ3) is 4.71. The molecule has 30 heavy (non-hydrogen) atoms. The third-order valence-corrected chi connectivity index (χ3v) is 6.58. The fourth-order valence-corrected chi connectivity index (χ4v) is 4.74. The minimum absolute atomic E-state index is 0.0801. The smallest absolute Gasteiger partial charge is 0.262 e. The summed E-state index contributed by atoms with van der Waals surface area (Å²) >= 11 is 0. The van der Waals surface area contributed by atoms with Crippen LogP contribution in [0.15, 0.2) is 59.5 Å². The summed E-state index contributed by atoms with van der Waals surface area (Å²) in [7, 11) is -3.86. The highest BCUT2D eigenvalue weighted by Gasteiger charge is 2.20. The van der Waals surface area contributed by atoms with Crippen molar-refractivity contribution in [3.63, 3.8) is 0 Å². The number of nitrogens with one attached hydrogen (secondary N) is 2. The van der Waals surface area contributed by atoms with Gasteiger partial charge in [-0.15, -0.1) is 0 Å². The topological polar surface area (TPSA) is 75.3 Å². The van der Waals surface area contributed by atoms with Gasteiger partial charge in [0.1, 0.15) is 0 Å². The van der Waals surface area contributed by atoms with E-state index < -0.39 is 10.0 Å². The third-order valence-electron chi connectivity index (χ3n) is 5.07. The first-order valence-electron chi connectivity index (χ1n) is 9.66. The van der Waals surface area contributed by atoms with Gasteiger partial charge in [-0.05, 0) is 92.8 Å². The van der Waals surface area contributed by atoms with E-state index in [1.165, 1.54) is 6.07 Å². The number of amides is 1. The number of aryl methyl sites for hydroxylation is 4. The molecule has 156 valence electrons. The van der Waals surface area contributed by atoms with E-state index in [2.05, 4.69) is 10.0 Å². The molecular formula is C24H26N2O3S. The Morgan fingerprint density at radius 3 is 2.13 bits per heavy atom. The van der Waals surface area contributed by atoms with Gasteiger partial charge in [-0.25, -0.2) is 8.42 Å². The first-order valence-corrected chi connectivity index (χ1v) is 11.1. The Labute approximate surface area is 178 Å². The van der Waals surface area contributed by atoms with Crippen LogP contribution in [0.25, 0.3) is 0 Å². The van der Waals surface area contributed by atoms with Crippen LogP contribution in [0.3, 0.4) is 0 Å². The summed E-state index contributed by atoms with van der Waals surface area (Å²) in [4.78, 5) is 12.8. The van der Waals surface area contributed by atoms with Crippen LogP contribution in [-0.2, 0) is 10.0 Å². The average Bonchev–Trinajstić information content (AvgIpc) is 2.64. The van der Waals surface area contributed by atoms with Gasteiger partial charge in [-0.3, -0.25) is 9.52 Å². The van der Waals surface area contributed by atoms with Crippen molar-refractivity contribution in [2.45, 2.75) is 39.5 Å². The molecule has 0 saturated carbocycles. The summed E-state index contributed by atoms with van der Waals surface area (Å²) < 4.78 is 28.8. The quantitative estimate of drug-likeness (QED) is 0.587. The summed E-state index contributed by atoms with van der Waals surface area (Å²) in [6.07, 6.45) is 0. The Balaban J connectivity index is 1.92. The van der Waals surface area contributed by atoms with E-state index in [-0.39, 0.29) is 16.4 Å². The molecule has 5 nitrogen and oxygen atoms in total. The Kier molecular flexibility index (Phi) is 5.99. The van der Waals surface area contributed by atoms with Gasteiger partial charge in [0.25, 0.3) is 15.9 Å². The number of rotatable bonds is 5. The first-order chi connectivity index (χ1) is 14.1. The minimum Gasteiger partial charge on any atom is -0.322 e. The maximum Gasteiger partial charge on any atom is 0.262 e. The summed E-state index contributed by atoms with van der Waals surface area (Å²) in [6.45, 7) is 9.42. The van der Waals surface area contributed by atoms with E-state index in [4.69, 9.17) is 0 Å². The average molecular weight is 423 g/mol. The summed E-state index contributed by atoms with van der Waals surface area (Å²) in [5.74, 6) is -0.358. The molecular weight excluding hydrogens is 396 g/mol. The number of benzene rings is 3. The number of hydrogen-bond donors (Lipinski definition) is 2. The van der Waals surface area contributed by atoms with Crippen LogP contribution in [0.4, 0.5) is 11.4 Å². The van der Waals surface area contributed by atoms with E-state index in [1.54, 1.807) is 31.2 Å².